The maximum Gasteiger partial charge on any atom is 0.338 e. The molecule has 0 heterocycles. The van der Waals surface area contributed by atoms with Crippen LogP contribution < -0.4 is 4.74 Å². The lowest BCUT2D eigenvalue weighted by Gasteiger charge is -2.10. The van der Waals surface area contributed by atoms with Crippen molar-refractivity contribution in [3.05, 3.63) is 40.8 Å². The highest BCUT2D eigenvalue weighted by Crippen LogP contribution is 2.23. The second-order valence-corrected chi connectivity index (χ2v) is 3.64. The largest absolute Gasteiger partial charge is 0.462 e. The molecule has 0 aliphatic rings. The lowest BCUT2D eigenvalue weighted by atomic mass is 10.0. The van der Waals surface area contributed by atoms with Crippen LogP contribution in [-0.2, 0) is 9.53 Å². The van der Waals surface area contributed by atoms with Crippen LogP contribution in [0.3, 0.4) is 0 Å². The second-order valence-electron chi connectivity index (χ2n) is 3.64. The van der Waals surface area contributed by atoms with Gasteiger partial charge in [-0.2, -0.15) is 0 Å². The number of aryl methyl sites for hydroxylation is 2. The van der Waals surface area contributed by atoms with Gasteiger partial charge in [0.15, 0.2) is 5.94 Å². The lowest BCUT2D eigenvalue weighted by molar-refractivity contribution is 0.0525. The summed E-state index contributed by atoms with van der Waals surface area (Å²) in [5, 5.41) is 0. The lowest BCUT2D eigenvalue weighted by Crippen LogP contribution is -2.07. The molecule has 1 rings (SSSR count). The highest BCUT2D eigenvalue weighted by Gasteiger charge is 2.12. The van der Waals surface area contributed by atoms with Crippen LogP contribution in [-0.4, -0.2) is 18.5 Å². The van der Waals surface area contributed by atoms with Crippen molar-refractivity contribution in [3.63, 3.8) is 0 Å². The fourth-order valence-corrected chi connectivity index (χ4v) is 1.46. The summed E-state index contributed by atoms with van der Waals surface area (Å²) < 4.78 is 10.2. The summed E-state index contributed by atoms with van der Waals surface area (Å²) in [6.45, 7) is 5.68. The minimum atomic E-state index is -0.354. The molecular formula is C14H14O4. The first-order valence-electron chi connectivity index (χ1n) is 5.49. The van der Waals surface area contributed by atoms with E-state index < -0.39 is 0 Å². The first kappa shape index (κ1) is 13.8. The number of hydrogen-bond acceptors (Lipinski definition) is 4. The topological polar surface area (TPSA) is 52.6 Å². The van der Waals surface area contributed by atoms with Gasteiger partial charge in [-0.25, -0.2) is 9.59 Å². The molecule has 0 saturated heterocycles. The molecule has 0 atom stereocenters. The summed E-state index contributed by atoms with van der Waals surface area (Å²) >= 11 is 0. The van der Waals surface area contributed by atoms with Gasteiger partial charge in [-0.3, -0.25) is 0 Å². The van der Waals surface area contributed by atoms with Gasteiger partial charge in [-0.1, -0.05) is 0 Å². The zero-order valence-corrected chi connectivity index (χ0v) is 10.6. The summed E-state index contributed by atoms with van der Waals surface area (Å²) in [5.74, 6) is 1.67. The average Bonchev–Trinajstić information content (AvgIpc) is 2.33. The van der Waals surface area contributed by atoms with E-state index in [1.165, 1.54) is 5.94 Å². The Morgan fingerprint density at radius 1 is 1.33 bits per heavy atom. The molecule has 18 heavy (non-hydrogen) atoms. The first-order chi connectivity index (χ1) is 8.60. The number of ether oxygens (including phenoxy) is 2. The fraction of sp³-hybridized carbons (Fsp3) is 0.286. The number of rotatable bonds is 4. The van der Waals surface area contributed by atoms with Crippen molar-refractivity contribution in [2.75, 3.05) is 6.61 Å². The third-order valence-corrected chi connectivity index (χ3v) is 2.32. The summed E-state index contributed by atoms with van der Waals surface area (Å²) in [4.78, 5) is 21.6. The van der Waals surface area contributed by atoms with E-state index in [0.717, 1.165) is 17.4 Å². The van der Waals surface area contributed by atoms with Gasteiger partial charge >= 0.3 is 5.97 Å². The molecule has 0 N–H and O–H groups in total. The van der Waals surface area contributed by atoms with Crippen LogP contribution in [0.4, 0.5) is 0 Å². The van der Waals surface area contributed by atoms with Gasteiger partial charge in [0.1, 0.15) is 12.0 Å². The zero-order chi connectivity index (χ0) is 13.5. The number of carbonyl (C=O) groups is 1. The first-order valence-corrected chi connectivity index (χ1v) is 5.49. The van der Waals surface area contributed by atoms with Crippen molar-refractivity contribution >= 4 is 11.9 Å². The number of hydrogen-bond donors (Lipinski definition) is 0. The van der Waals surface area contributed by atoms with Crippen LogP contribution in [0.2, 0.25) is 0 Å². The normalized spacial score (nSPS) is 9.06. The molecule has 0 aromatic heterocycles. The molecule has 4 nitrogen and oxygen atoms in total. The van der Waals surface area contributed by atoms with Crippen molar-refractivity contribution < 1.29 is 19.1 Å². The average molecular weight is 246 g/mol. The molecule has 0 aliphatic carbocycles. The quantitative estimate of drug-likeness (QED) is 0.354. The maximum absolute atomic E-state index is 11.7. The van der Waals surface area contributed by atoms with Crippen molar-refractivity contribution in [1.82, 2.24) is 0 Å². The van der Waals surface area contributed by atoms with Gasteiger partial charge in [0, 0.05) is 5.73 Å². The summed E-state index contributed by atoms with van der Waals surface area (Å²) in [6.07, 6.45) is 1.12. The second kappa shape index (κ2) is 6.45. The maximum atomic E-state index is 11.7. The summed E-state index contributed by atoms with van der Waals surface area (Å²) in [6, 6.07) is 3.41. The molecule has 0 unspecified atom stereocenters. The van der Waals surface area contributed by atoms with Crippen LogP contribution in [0.5, 0.6) is 5.75 Å². The summed E-state index contributed by atoms with van der Waals surface area (Å²) in [7, 11) is 0. The van der Waals surface area contributed by atoms with Crippen LogP contribution in [0.1, 0.15) is 28.4 Å². The Bertz CT molecular complexity index is 533. The molecule has 0 bridgehead atoms. The van der Waals surface area contributed by atoms with Crippen LogP contribution in [0, 0.1) is 13.8 Å². The van der Waals surface area contributed by atoms with Crippen molar-refractivity contribution in [3.8, 4) is 5.75 Å². The van der Waals surface area contributed by atoms with E-state index in [9.17, 15) is 9.59 Å². The molecule has 94 valence electrons. The molecular weight excluding hydrogens is 232 g/mol. The number of benzene rings is 1. The standard InChI is InChI=1S/C14H14O4/c1-4-17-14(16)12-8-11(3)13(9-10(12)2)18-7-5-6-15/h7-9H,4H2,1-3H3. The predicted molar refractivity (Wildman–Crippen MR) is 66.3 cm³/mol. The van der Waals surface area contributed by atoms with Gasteiger partial charge < -0.3 is 9.47 Å². The van der Waals surface area contributed by atoms with Gasteiger partial charge in [0.05, 0.1) is 12.2 Å². The Morgan fingerprint density at radius 3 is 2.67 bits per heavy atom. The van der Waals surface area contributed by atoms with Crippen LogP contribution >= 0.6 is 0 Å². The molecule has 1 aromatic carbocycles. The monoisotopic (exact) mass is 246 g/mol. The Morgan fingerprint density at radius 2 is 2.06 bits per heavy atom. The Kier molecular flexibility index (Phi) is 4.94. The smallest absolute Gasteiger partial charge is 0.338 e. The number of esters is 1. The van der Waals surface area contributed by atoms with Crippen LogP contribution in [0.15, 0.2) is 24.1 Å². The molecule has 0 fully saturated rings. The van der Waals surface area contributed by atoms with E-state index in [1.54, 1.807) is 32.9 Å². The van der Waals surface area contributed by atoms with E-state index in [-0.39, 0.29) is 5.97 Å². The molecule has 0 radical (unpaired) electrons. The molecule has 0 saturated carbocycles. The van der Waals surface area contributed by atoms with Crippen molar-refractivity contribution in [1.29, 1.82) is 0 Å². The SMILES string of the molecule is CCOC(=O)c1cc(C)c(OC=C=C=O)cc1C. The van der Waals surface area contributed by atoms with Gasteiger partial charge in [0.2, 0.25) is 0 Å². The van der Waals surface area contributed by atoms with E-state index in [1.807, 2.05) is 0 Å². The van der Waals surface area contributed by atoms with E-state index in [4.69, 9.17) is 9.47 Å². The van der Waals surface area contributed by atoms with Crippen molar-refractivity contribution in [2.45, 2.75) is 20.8 Å². The van der Waals surface area contributed by atoms with Crippen LogP contribution in [0.25, 0.3) is 0 Å². The third-order valence-electron chi connectivity index (χ3n) is 2.32. The zero-order valence-electron chi connectivity index (χ0n) is 10.6. The Labute approximate surface area is 106 Å². The minimum absolute atomic E-state index is 0.336. The Balaban J connectivity index is 3.07. The summed E-state index contributed by atoms with van der Waals surface area (Å²) in [5.41, 5.74) is 4.19. The van der Waals surface area contributed by atoms with E-state index >= 15 is 0 Å². The molecule has 0 aliphatic heterocycles. The van der Waals surface area contributed by atoms with Gasteiger partial charge in [0.25, 0.3) is 0 Å². The fourth-order valence-electron chi connectivity index (χ4n) is 1.46. The molecule has 4 heteroatoms. The highest BCUT2D eigenvalue weighted by atomic mass is 16.5. The molecule has 0 spiro atoms. The van der Waals surface area contributed by atoms with E-state index in [0.29, 0.717) is 17.9 Å². The van der Waals surface area contributed by atoms with E-state index in [2.05, 4.69) is 5.73 Å². The Hall–Kier alpha value is -2.28. The minimum Gasteiger partial charge on any atom is -0.462 e. The van der Waals surface area contributed by atoms with Crippen molar-refractivity contribution in [2.24, 2.45) is 0 Å². The molecule has 0 amide bonds. The predicted octanol–water partition coefficient (Wildman–Crippen LogP) is 2.36. The van der Waals surface area contributed by atoms with Gasteiger partial charge in [-0.15, -0.1) is 0 Å². The number of carbonyl (C=O) groups excluding carboxylic acids is 2. The molecule has 1 aromatic rings. The highest BCUT2D eigenvalue weighted by molar-refractivity contribution is 5.91. The van der Waals surface area contributed by atoms with Gasteiger partial charge in [-0.05, 0) is 44.0 Å². The third kappa shape index (κ3) is 3.36.